The Hall–Kier alpha value is -1.22. The molecule has 1 heterocycles. The summed E-state index contributed by atoms with van der Waals surface area (Å²) in [6.07, 6.45) is 0. The molecule has 14 heavy (non-hydrogen) atoms. The molecule has 0 spiro atoms. The number of ether oxygens (including phenoxy) is 1. The normalized spacial score (nSPS) is 18.7. The molecule has 3 nitrogen and oxygen atoms in total. The molecule has 0 amide bonds. The summed E-state index contributed by atoms with van der Waals surface area (Å²) in [5, 5.41) is 12.7. The lowest BCUT2D eigenvalue weighted by molar-refractivity contribution is 0.0347. The van der Waals surface area contributed by atoms with E-state index in [0.29, 0.717) is 5.75 Å². The van der Waals surface area contributed by atoms with Crippen molar-refractivity contribution in [2.45, 2.75) is 19.4 Å². The molecule has 0 aromatic heterocycles. The van der Waals surface area contributed by atoms with E-state index in [4.69, 9.17) is 4.74 Å². The highest BCUT2D eigenvalue weighted by atomic mass is 16.5. The quantitative estimate of drug-likeness (QED) is 0.746. The van der Waals surface area contributed by atoms with Crippen molar-refractivity contribution in [1.82, 2.24) is 5.32 Å². The van der Waals surface area contributed by atoms with Gasteiger partial charge in [-0.3, -0.25) is 0 Å². The first-order valence-corrected chi connectivity index (χ1v) is 4.78. The highest BCUT2D eigenvalue weighted by Gasteiger charge is 2.33. The number of aryl methyl sites for hydroxylation is 1. The van der Waals surface area contributed by atoms with E-state index in [2.05, 4.69) is 12.2 Å². The third kappa shape index (κ3) is 1.68. The first-order valence-electron chi connectivity index (χ1n) is 4.78. The number of benzene rings is 1. The van der Waals surface area contributed by atoms with Crippen molar-refractivity contribution in [1.29, 1.82) is 0 Å². The second-order valence-corrected chi connectivity index (χ2v) is 4.10. The van der Waals surface area contributed by atoms with Gasteiger partial charge in [0, 0.05) is 19.2 Å². The minimum Gasteiger partial charge on any atom is -0.508 e. The van der Waals surface area contributed by atoms with E-state index in [1.165, 1.54) is 0 Å². The van der Waals surface area contributed by atoms with Crippen LogP contribution >= 0.6 is 0 Å². The lowest BCUT2D eigenvalue weighted by Gasteiger charge is -2.39. The Labute approximate surface area is 83.7 Å². The summed E-state index contributed by atoms with van der Waals surface area (Å²) in [5.41, 5.74) is 0.760. The predicted octanol–water partition coefficient (Wildman–Crippen LogP) is 1.44. The van der Waals surface area contributed by atoms with E-state index >= 15 is 0 Å². The van der Waals surface area contributed by atoms with Crippen molar-refractivity contribution >= 4 is 0 Å². The van der Waals surface area contributed by atoms with Crippen LogP contribution in [-0.4, -0.2) is 23.8 Å². The maximum atomic E-state index is 9.49. The van der Waals surface area contributed by atoms with Crippen molar-refractivity contribution in [3.05, 3.63) is 23.8 Å². The van der Waals surface area contributed by atoms with Crippen LogP contribution in [-0.2, 0) is 0 Å². The van der Waals surface area contributed by atoms with E-state index in [1.807, 2.05) is 19.1 Å². The molecule has 1 aromatic rings. The summed E-state index contributed by atoms with van der Waals surface area (Å²) in [4.78, 5) is 0. The lowest BCUT2D eigenvalue weighted by atomic mass is 10.00. The zero-order chi connectivity index (χ0) is 10.2. The van der Waals surface area contributed by atoms with Gasteiger partial charge < -0.3 is 15.2 Å². The largest absolute Gasteiger partial charge is 0.508 e. The molecule has 0 unspecified atom stereocenters. The Bertz CT molecular complexity index is 345. The number of hydrogen-bond acceptors (Lipinski definition) is 3. The zero-order valence-electron chi connectivity index (χ0n) is 8.50. The van der Waals surface area contributed by atoms with Crippen molar-refractivity contribution < 1.29 is 9.84 Å². The number of phenolic OH excluding ortho intramolecular Hbond substituents is 1. The average molecular weight is 193 g/mol. The SMILES string of the molecule is Cc1ccc(OC2(C)CNC2)cc1O. The average Bonchev–Trinajstić information content (AvgIpc) is 2.09. The molecule has 2 N–H and O–H groups in total. The summed E-state index contributed by atoms with van der Waals surface area (Å²) < 4.78 is 5.75. The molecule has 0 aliphatic carbocycles. The molecule has 1 fully saturated rings. The third-order valence-electron chi connectivity index (χ3n) is 2.54. The number of rotatable bonds is 2. The zero-order valence-corrected chi connectivity index (χ0v) is 8.50. The van der Waals surface area contributed by atoms with Gasteiger partial charge in [0.15, 0.2) is 0 Å². The molecule has 0 saturated carbocycles. The topological polar surface area (TPSA) is 41.5 Å². The smallest absolute Gasteiger partial charge is 0.131 e. The maximum absolute atomic E-state index is 9.49. The number of aromatic hydroxyl groups is 1. The van der Waals surface area contributed by atoms with Gasteiger partial charge in [-0.15, -0.1) is 0 Å². The van der Waals surface area contributed by atoms with Crippen molar-refractivity contribution in [2.75, 3.05) is 13.1 Å². The van der Waals surface area contributed by atoms with Gasteiger partial charge in [-0.2, -0.15) is 0 Å². The monoisotopic (exact) mass is 193 g/mol. The fourth-order valence-corrected chi connectivity index (χ4v) is 1.49. The van der Waals surface area contributed by atoms with Crippen LogP contribution in [0.3, 0.4) is 0 Å². The van der Waals surface area contributed by atoms with Crippen molar-refractivity contribution in [3.8, 4) is 11.5 Å². The highest BCUT2D eigenvalue weighted by Crippen LogP contribution is 2.27. The Morgan fingerprint density at radius 3 is 2.64 bits per heavy atom. The van der Waals surface area contributed by atoms with Crippen LogP contribution in [0.25, 0.3) is 0 Å². The van der Waals surface area contributed by atoms with Gasteiger partial charge in [0.05, 0.1) is 0 Å². The van der Waals surface area contributed by atoms with E-state index in [0.717, 1.165) is 24.4 Å². The summed E-state index contributed by atoms with van der Waals surface area (Å²) in [5.74, 6) is 1.02. The van der Waals surface area contributed by atoms with Crippen LogP contribution in [0.4, 0.5) is 0 Å². The fraction of sp³-hybridized carbons (Fsp3) is 0.455. The molecular weight excluding hydrogens is 178 g/mol. The molecule has 1 aromatic carbocycles. The molecule has 1 aliphatic heterocycles. The Kier molecular flexibility index (Phi) is 2.11. The van der Waals surface area contributed by atoms with Crippen LogP contribution < -0.4 is 10.1 Å². The minimum absolute atomic E-state index is 0.109. The van der Waals surface area contributed by atoms with Gasteiger partial charge in [0.1, 0.15) is 17.1 Å². The molecule has 2 rings (SSSR count). The van der Waals surface area contributed by atoms with Crippen LogP contribution in [0.1, 0.15) is 12.5 Å². The fourth-order valence-electron chi connectivity index (χ4n) is 1.49. The first kappa shape index (κ1) is 9.34. The second kappa shape index (κ2) is 3.17. The summed E-state index contributed by atoms with van der Waals surface area (Å²) >= 11 is 0. The van der Waals surface area contributed by atoms with Crippen LogP contribution in [0.2, 0.25) is 0 Å². The standard InChI is InChI=1S/C11H15NO2/c1-8-3-4-9(5-10(8)13)14-11(2)6-12-7-11/h3-5,12-13H,6-7H2,1-2H3. The third-order valence-corrected chi connectivity index (χ3v) is 2.54. The van der Waals surface area contributed by atoms with Gasteiger partial charge in [0.2, 0.25) is 0 Å². The van der Waals surface area contributed by atoms with Crippen molar-refractivity contribution in [2.24, 2.45) is 0 Å². The Morgan fingerprint density at radius 1 is 1.43 bits per heavy atom. The Morgan fingerprint density at radius 2 is 2.14 bits per heavy atom. The van der Waals surface area contributed by atoms with Gasteiger partial charge in [-0.05, 0) is 25.5 Å². The van der Waals surface area contributed by atoms with E-state index in [-0.39, 0.29) is 5.60 Å². The van der Waals surface area contributed by atoms with Gasteiger partial charge in [-0.25, -0.2) is 0 Å². The molecule has 1 saturated heterocycles. The number of hydrogen-bond donors (Lipinski definition) is 2. The first-order chi connectivity index (χ1) is 6.59. The molecule has 3 heteroatoms. The summed E-state index contributed by atoms with van der Waals surface area (Å²) in [6, 6.07) is 5.41. The van der Waals surface area contributed by atoms with Gasteiger partial charge >= 0.3 is 0 Å². The lowest BCUT2D eigenvalue weighted by Crippen LogP contribution is -2.60. The molecule has 0 bridgehead atoms. The number of nitrogens with one attached hydrogen (secondary N) is 1. The maximum Gasteiger partial charge on any atom is 0.131 e. The van der Waals surface area contributed by atoms with Crippen molar-refractivity contribution in [3.63, 3.8) is 0 Å². The van der Waals surface area contributed by atoms with Crippen LogP contribution in [0.15, 0.2) is 18.2 Å². The molecular formula is C11H15NO2. The van der Waals surface area contributed by atoms with E-state index in [1.54, 1.807) is 6.07 Å². The number of phenols is 1. The molecule has 0 radical (unpaired) electrons. The van der Waals surface area contributed by atoms with Crippen LogP contribution in [0.5, 0.6) is 11.5 Å². The van der Waals surface area contributed by atoms with Crippen LogP contribution in [0, 0.1) is 6.92 Å². The van der Waals surface area contributed by atoms with E-state index in [9.17, 15) is 5.11 Å². The molecule has 1 aliphatic rings. The Balaban J connectivity index is 2.13. The molecule has 0 atom stereocenters. The highest BCUT2D eigenvalue weighted by molar-refractivity contribution is 5.39. The second-order valence-electron chi connectivity index (χ2n) is 4.10. The summed E-state index contributed by atoms with van der Waals surface area (Å²) in [7, 11) is 0. The van der Waals surface area contributed by atoms with Gasteiger partial charge in [-0.1, -0.05) is 6.07 Å². The minimum atomic E-state index is -0.109. The predicted molar refractivity (Wildman–Crippen MR) is 54.7 cm³/mol. The summed E-state index contributed by atoms with van der Waals surface area (Å²) in [6.45, 7) is 5.65. The van der Waals surface area contributed by atoms with E-state index < -0.39 is 0 Å². The molecule has 76 valence electrons. The van der Waals surface area contributed by atoms with Gasteiger partial charge in [0.25, 0.3) is 0 Å².